The number of nitrogens with one attached hydrogen (secondary N) is 2. The van der Waals surface area contributed by atoms with Gasteiger partial charge in [0, 0.05) is 43.0 Å². The number of benzene rings is 2. The minimum Gasteiger partial charge on any atom is -0.350 e. The minimum absolute atomic E-state index is 0.0965. The van der Waals surface area contributed by atoms with Crippen LogP contribution in [0.5, 0.6) is 0 Å². The fourth-order valence-corrected chi connectivity index (χ4v) is 4.69. The Hall–Kier alpha value is -4.03. The molecule has 0 saturated carbocycles. The SMILES string of the molecule is C=CC(=O)NC1CCN(Cc2ccc(-c3nc4cc[nH]c(=O)c4cc3-c3ccccc3)cc2)CC1.CC. The predicted octanol–water partition coefficient (Wildman–Crippen LogP) is 5.55. The average molecular weight is 495 g/mol. The van der Waals surface area contributed by atoms with E-state index in [0.29, 0.717) is 10.9 Å². The van der Waals surface area contributed by atoms with Crippen LogP contribution in [0.2, 0.25) is 0 Å². The lowest BCUT2D eigenvalue weighted by Crippen LogP contribution is -2.43. The number of aromatic amines is 1. The zero-order chi connectivity index (χ0) is 26.2. The Morgan fingerprint density at radius 1 is 1.05 bits per heavy atom. The second kappa shape index (κ2) is 12.3. The lowest BCUT2D eigenvalue weighted by Gasteiger charge is -2.32. The summed E-state index contributed by atoms with van der Waals surface area (Å²) in [7, 11) is 0. The Bertz CT molecular complexity index is 1400. The largest absolute Gasteiger partial charge is 0.350 e. The number of piperidine rings is 1. The van der Waals surface area contributed by atoms with Crippen molar-refractivity contribution in [2.24, 2.45) is 0 Å². The summed E-state index contributed by atoms with van der Waals surface area (Å²) in [6.45, 7) is 10.3. The van der Waals surface area contributed by atoms with E-state index < -0.39 is 0 Å². The monoisotopic (exact) mass is 494 g/mol. The number of hydrogen-bond acceptors (Lipinski definition) is 4. The molecule has 6 nitrogen and oxygen atoms in total. The molecular weight excluding hydrogens is 460 g/mol. The van der Waals surface area contributed by atoms with Crippen molar-refractivity contribution in [2.75, 3.05) is 13.1 Å². The van der Waals surface area contributed by atoms with E-state index in [0.717, 1.165) is 54.9 Å². The molecule has 3 heterocycles. The number of pyridine rings is 2. The number of likely N-dealkylation sites (tertiary alicyclic amines) is 1. The van der Waals surface area contributed by atoms with Gasteiger partial charge in [0.2, 0.25) is 5.91 Å². The highest BCUT2D eigenvalue weighted by atomic mass is 16.1. The fourth-order valence-electron chi connectivity index (χ4n) is 4.69. The summed E-state index contributed by atoms with van der Waals surface area (Å²) in [5.41, 5.74) is 5.61. The molecule has 0 unspecified atom stereocenters. The summed E-state index contributed by atoms with van der Waals surface area (Å²) in [5.74, 6) is -0.0965. The summed E-state index contributed by atoms with van der Waals surface area (Å²) < 4.78 is 0. The Morgan fingerprint density at radius 2 is 1.76 bits per heavy atom. The Labute approximate surface area is 218 Å². The molecule has 2 aromatic heterocycles. The van der Waals surface area contributed by atoms with Gasteiger partial charge in [-0.15, -0.1) is 0 Å². The van der Waals surface area contributed by atoms with Crippen molar-refractivity contribution in [3.8, 4) is 22.4 Å². The topological polar surface area (TPSA) is 78.1 Å². The number of rotatable bonds is 6. The first-order valence-corrected chi connectivity index (χ1v) is 12.9. The summed E-state index contributed by atoms with van der Waals surface area (Å²) in [4.78, 5) is 34.0. The number of carbonyl (C=O) groups excluding carboxylic acids is 1. The van der Waals surface area contributed by atoms with Gasteiger partial charge in [-0.05, 0) is 42.2 Å². The highest BCUT2D eigenvalue weighted by Crippen LogP contribution is 2.32. The zero-order valence-electron chi connectivity index (χ0n) is 21.5. The normalized spacial score (nSPS) is 14.0. The third kappa shape index (κ3) is 6.22. The van der Waals surface area contributed by atoms with Crippen molar-refractivity contribution < 1.29 is 4.79 Å². The van der Waals surface area contributed by atoms with Gasteiger partial charge in [0.1, 0.15) is 0 Å². The van der Waals surface area contributed by atoms with E-state index in [1.807, 2.05) is 56.3 Å². The summed E-state index contributed by atoms with van der Waals surface area (Å²) >= 11 is 0. The van der Waals surface area contributed by atoms with Gasteiger partial charge in [-0.1, -0.05) is 75.0 Å². The number of carbonyl (C=O) groups is 1. The molecule has 1 amide bonds. The van der Waals surface area contributed by atoms with Gasteiger partial charge in [-0.2, -0.15) is 0 Å². The first-order valence-electron chi connectivity index (χ1n) is 12.9. The molecule has 6 heteroatoms. The van der Waals surface area contributed by atoms with Crippen LogP contribution in [0.4, 0.5) is 0 Å². The maximum absolute atomic E-state index is 12.4. The van der Waals surface area contributed by atoms with Gasteiger partial charge >= 0.3 is 0 Å². The second-order valence-corrected chi connectivity index (χ2v) is 8.95. The molecular formula is C31H34N4O2. The molecule has 2 aromatic carbocycles. The molecule has 190 valence electrons. The molecule has 0 atom stereocenters. The van der Waals surface area contributed by atoms with Gasteiger partial charge in [0.25, 0.3) is 5.56 Å². The van der Waals surface area contributed by atoms with E-state index in [2.05, 4.69) is 46.0 Å². The number of aromatic nitrogens is 2. The Balaban J connectivity index is 0.00000156. The number of H-pyrrole nitrogens is 1. The lowest BCUT2D eigenvalue weighted by molar-refractivity contribution is -0.117. The van der Waals surface area contributed by atoms with Crippen LogP contribution >= 0.6 is 0 Å². The van der Waals surface area contributed by atoms with Crippen molar-refractivity contribution in [3.63, 3.8) is 0 Å². The highest BCUT2D eigenvalue weighted by molar-refractivity contribution is 5.91. The van der Waals surface area contributed by atoms with Crippen LogP contribution in [0.3, 0.4) is 0 Å². The average Bonchev–Trinajstić information content (AvgIpc) is 2.95. The molecule has 2 N–H and O–H groups in total. The van der Waals surface area contributed by atoms with Crippen molar-refractivity contribution >= 4 is 16.8 Å². The minimum atomic E-state index is -0.137. The van der Waals surface area contributed by atoms with E-state index in [-0.39, 0.29) is 17.5 Å². The number of amides is 1. The van der Waals surface area contributed by atoms with Crippen molar-refractivity contribution in [1.29, 1.82) is 0 Å². The van der Waals surface area contributed by atoms with Gasteiger partial charge < -0.3 is 10.3 Å². The van der Waals surface area contributed by atoms with Gasteiger partial charge in [-0.3, -0.25) is 14.5 Å². The van der Waals surface area contributed by atoms with Crippen molar-refractivity contribution in [1.82, 2.24) is 20.2 Å². The molecule has 1 aliphatic rings. The Morgan fingerprint density at radius 3 is 2.43 bits per heavy atom. The first kappa shape index (κ1) is 26.0. The van der Waals surface area contributed by atoms with E-state index in [9.17, 15) is 9.59 Å². The molecule has 4 aromatic rings. The van der Waals surface area contributed by atoms with Crippen molar-refractivity contribution in [2.45, 2.75) is 39.3 Å². The number of nitrogens with zero attached hydrogens (tertiary/aromatic N) is 2. The molecule has 0 spiro atoms. The van der Waals surface area contributed by atoms with Crippen LogP contribution in [-0.4, -0.2) is 39.9 Å². The maximum atomic E-state index is 12.4. The number of fused-ring (bicyclic) bond motifs is 1. The van der Waals surface area contributed by atoms with E-state index >= 15 is 0 Å². The zero-order valence-corrected chi connectivity index (χ0v) is 21.5. The quantitative estimate of drug-likeness (QED) is 0.345. The molecule has 0 radical (unpaired) electrons. The van der Waals surface area contributed by atoms with Crippen LogP contribution in [0.15, 0.2) is 90.4 Å². The van der Waals surface area contributed by atoms with E-state index in [1.54, 1.807) is 6.20 Å². The van der Waals surface area contributed by atoms with E-state index in [4.69, 9.17) is 4.98 Å². The van der Waals surface area contributed by atoms with Crippen LogP contribution in [0.1, 0.15) is 32.3 Å². The van der Waals surface area contributed by atoms with E-state index in [1.165, 1.54) is 11.6 Å². The molecule has 1 saturated heterocycles. The van der Waals surface area contributed by atoms with Crippen LogP contribution in [-0.2, 0) is 11.3 Å². The molecule has 37 heavy (non-hydrogen) atoms. The molecule has 0 aliphatic carbocycles. The summed E-state index contributed by atoms with van der Waals surface area (Å²) in [5, 5.41) is 3.58. The summed E-state index contributed by atoms with van der Waals surface area (Å²) in [6, 6.07) is 22.6. The van der Waals surface area contributed by atoms with Gasteiger partial charge in [0.05, 0.1) is 16.6 Å². The van der Waals surface area contributed by atoms with Crippen molar-refractivity contribution in [3.05, 3.63) is 101 Å². The first-order chi connectivity index (χ1) is 18.1. The lowest BCUT2D eigenvalue weighted by atomic mass is 9.97. The molecule has 1 fully saturated rings. The van der Waals surface area contributed by atoms with Crippen LogP contribution < -0.4 is 10.9 Å². The second-order valence-electron chi connectivity index (χ2n) is 8.95. The smallest absolute Gasteiger partial charge is 0.257 e. The fraction of sp³-hybridized carbons (Fsp3) is 0.258. The molecule has 5 rings (SSSR count). The van der Waals surface area contributed by atoms with Crippen LogP contribution in [0, 0.1) is 0 Å². The maximum Gasteiger partial charge on any atom is 0.257 e. The van der Waals surface area contributed by atoms with Gasteiger partial charge in [-0.25, -0.2) is 4.98 Å². The third-order valence-electron chi connectivity index (χ3n) is 6.59. The summed E-state index contributed by atoms with van der Waals surface area (Å²) in [6.07, 6.45) is 4.86. The highest BCUT2D eigenvalue weighted by Gasteiger charge is 2.20. The Kier molecular flexibility index (Phi) is 8.64. The van der Waals surface area contributed by atoms with Crippen LogP contribution in [0.25, 0.3) is 33.3 Å². The van der Waals surface area contributed by atoms with Gasteiger partial charge in [0.15, 0.2) is 0 Å². The standard InChI is InChI=1S/C29H28N4O2.C2H6/c1-2-27(34)31-23-13-16-33(17-14-23)19-20-8-10-22(11-9-20)28-24(21-6-4-3-5-7-21)18-25-26(32-28)12-15-30-29(25)35;1-2/h2-12,15,18,23H,1,13-14,16-17,19H2,(H,30,35)(H,31,34);1-2H3. The molecule has 0 bridgehead atoms. The molecule has 1 aliphatic heterocycles. The predicted molar refractivity (Wildman–Crippen MR) is 151 cm³/mol. The number of hydrogen-bond donors (Lipinski definition) is 2. The third-order valence-corrected chi connectivity index (χ3v) is 6.59.